The molecule has 0 aromatic heterocycles. The molecular weight excluding hydrogens is 204 g/mol. The summed E-state index contributed by atoms with van der Waals surface area (Å²) < 4.78 is 0. The number of nitrogens with zero attached hydrogens (tertiary/aromatic N) is 1. The van der Waals surface area contributed by atoms with E-state index < -0.39 is 0 Å². The van der Waals surface area contributed by atoms with Crippen LogP contribution in [0.5, 0.6) is 0 Å². The van der Waals surface area contributed by atoms with Crippen LogP contribution in [0.15, 0.2) is 0 Å². The van der Waals surface area contributed by atoms with E-state index in [9.17, 15) is 0 Å². The predicted octanol–water partition coefficient (Wildman–Crippen LogP) is 2.19. The Bertz CT molecular complexity index is 164. The highest BCUT2D eigenvalue weighted by molar-refractivity contribution is 8.00. The standard InChI is InChI=1S/C12H26N2S/c1-3-12-10-14(7-8-15-12)6-4-5-11(2)9-13/h11-12H,3-10,13H2,1-2H3. The smallest absolute Gasteiger partial charge is 0.0172 e. The van der Waals surface area contributed by atoms with Gasteiger partial charge in [0.05, 0.1) is 0 Å². The normalized spacial score (nSPS) is 25.4. The lowest BCUT2D eigenvalue weighted by Gasteiger charge is -2.32. The molecule has 1 aliphatic heterocycles. The summed E-state index contributed by atoms with van der Waals surface area (Å²) in [6.45, 7) is 9.27. The summed E-state index contributed by atoms with van der Waals surface area (Å²) in [4.78, 5) is 2.63. The number of thioether (sulfide) groups is 1. The molecule has 1 heterocycles. The minimum absolute atomic E-state index is 0.700. The molecule has 2 nitrogen and oxygen atoms in total. The summed E-state index contributed by atoms with van der Waals surface area (Å²) in [6, 6.07) is 0. The molecule has 0 radical (unpaired) electrons. The van der Waals surface area contributed by atoms with Crippen LogP contribution in [0.4, 0.5) is 0 Å². The summed E-state index contributed by atoms with van der Waals surface area (Å²) in [5.74, 6) is 2.02. The second-order valence-electron chi connectivity index (χ2n) is 4.68. The lowest BCUT2D eigenvalue weighted by molar-refractivity contribution is 0.269. The quantitative estimate of drug-likeness (QED) is 0.758. The van der Waals surface area contributed by atoms with Crippen molar-refractivity contribution in [1.29, 1.82) is 0 Å². The Kier molecular flexibility index (Phi) is 6.69. The van der Waals surface area contributed by atoms with Crippen molar-refractivity contribution in [3.8, 4) is 0 Å². The van der Waals surface area contributed by atoms with Crippen LogP contribution >= 0.6 is 11.8 Å². The lowest BCUT2D eigenvalue weighted by atomic mass is 10.1. The summed E-state index contributed by atoms with van der Waals surface area (Å²) in [5.41, 5.74) is 5.62. The van der Waals surface area contributed by atoms with E-state index in [1.807, 2.05) is 0 Å². The van der Waals surface area contributed by atoms with E-state index in [1.54, 1.807) is 0 Å². The SMILES string of the molecule is CCC1CN(CCCC(C)CN)CCS1. The predicted molar refractivity (Wildman–Crippen MR) is 70.4 cm³/mol. The van der Waals surface area contributed by atoms with Gasteiger partial charge in [0.15, 0.2) is 0 Å². The first-order valence-corrected chi connectivity index (χ1v) is 7.35. The van der Waals surface area contributed by atoms with Gasteiger partial charge < -0.3 is 10.6 Å². The largest absolute Gasteiger partial charge is 0.330 e. The average molecular weight is 230 g/mol. The molecule has 0 bridgehead atoms. The Morgan fingerprint density at radius 1 is 1.53 bits per heavy atom. The molecule has 1 aliphatic rings. The van der Waals surface area contributed by atoms with E-state index in [1.165, 1.54) is 44.6 Å². The first kappa shape index (κ1) is 13.3. The molecule has 1 rings (SSSR count). The first-order valence-electron chi connectivity index (χ1n) is 6.30. The molecule has 0 amide bonds. The fraction of sp³-hybridized carbons (Fsp3) is 1.00. The third-order valence-corrected chi connectivity index (χ3v) is 4.62. The van der Waals surface area contributed by atoms with E-state index in [2.05, 4.69) is 30.5 Å². The maximum absolute atomic E-state index is 5.62. The zero-order valence-corrected chi connectivity index (χ0v) is 11.1. The van der Waals surface area contributed by atoms with Crippen LogP contribution in [0.3, 0.4) is 0 Å². The molecule has 1 saturated heterocycles. The van der Waals surface area contributed by atoms with Crippen LogP contribution in [0, 0.1) is 5.92 Å². The van der Waals surface area contributed by atoms with Crippen molar-refractivity contribution < 1.29 is 0 Å². The first-order chi connectivity index (χ1) is 7.26. The van der Waals surface area contributed by atoms with Gasteiger partial charge in [-0.2, -0.15) is 11.8 Å². The molecule has 3 heteroatoms. The second kappa shape index (κ2) is 7.53. The summed E-state index contributed by atoms with van der Waals surface area (Å²) in [6.07, 6.45) is 3.93. The average Bonchev–Trinajstić information content (AvgIpc) is 2.29. The fourth-order valence-electron chi connectivity index (χ4n) is 2.01. The molecule has 0 aromatic carbocycles. The van der Waals surface area contributed by atoms with E-state index in [0.29, 0.717) is 5.92 Å². The molecule has 0 saturated carbocycles. The third-order valence-electron chi connectivity index (χ3n) is 3.25. The topological polar surface area (TPSA) is 29.3 Å². The van der Waals surface area contributed by atoms with Crippen molar-refractivity contribution in [3.63, 3.8) is 0 Å². The van der Waals surface area contributed by atoms with Crippen LogP contribution in [-0.2, 0) is 0 Å². The molecule has 2 N–H and O–H groups in total. The molecule has 0 spiro atoms. The van der Waals surface area contributed by atoms with Gasteiger partial charge in [-0.1, -0.05) is 13.8 Å². The van der Waals surface area contributed by atoms with E-state index in [0.717, 1.165) is 11.8 Å². The highest BCUT2D eigenvalue weighted by Gasteiger charge is 2.18. The summed E-state index contributed by atoms with van der Waals surface area (Å²) in [5, 5.41) is 0.880. The second-order valence-corrected chi connectivity index (χ2v) is 6.09. The van der Waals surface area contributed by atoms with Gasteiger partial charge in [0.25, 0.3) is 0 Å². The minimum atomic E-state index is 0.700. The van der Waals surface area contributed by atoms with Crippen molar-refractivity contribution in [2.75, 3.05) is 31.9 Å². The maximum atomic E-state index is 5.62. The Morgan fingerprint density at radius 2 is 2.33 bits per heavy atom. The molecule has 15 heavy (non-hydrogen) atoms. The van der Waals surface area contributed by atoms with Gasteiger partial charge in [-0.15, -0.1) is 0 Å². The van der Waals surface area contributed by atoms with E-state index >= 15 is 0 Å². The summed E-state index contributed by atoms with van der Waals surface area (Å²) >= 11 is 2.15. The Morgan fingerprint density at radius 3 is 3.00 bits per heavy atom. The van der Waals surface area contributed by atoms with Crippen molar-refractivity contribution >= 4 is 11.8 Å². The molecule has 2 unspecified atom stereocenters. The highest BCUT2D eigenvalue weighted by atomic mass is 32.2. The number of hydrogen-bond donors (Lipinski definition) is 1. The van der Waals surface area contributed by atoms with Crippen molar-refractivity contribution in [2.45, 2.75) is 38.4 Å². The van der Waals surface area contributed by atoms with Crippen LogP contribution < -0.4 is 5.73 Å². The van der Waals surface area contributed by atoms with Gasteiger partial charge in [0, 0.05) is 24.1 Å². The molecule has 1 fully saturated rings. The number of hydrogen-bond acceptors (Lipinski definition) is 3. The molecule has 90 valence electrons. The van der Waals surface area contributed by atoms with Gasteiger partial charge in [0.2, 0.25) is 0 Å². The highest BCUT2D eigenvalue weighted by Crippen LogP contribution is 2.21. The van der Waals surface area contributed by atoms with Crippen molar-refractivity contribution in [3.05, 3.63) is 0 Å². The Balaban J connectivity index is 2.10. The van der Waals surface area contributed by atoms with Crippen LogP contribution in [0.2, 0.25) is 0 Å². The van der Waals surface area contributed by atoms with E-state index in [4.69, 9.17) is 5.73 Å². The Hall–Kier alpha value is 0.270. The van der Waals surface area contributed by atoms with Crippen LogP contribution in [-0.4, -0.2) is 42.1 Å². The number of rotatable bonds is 6. The summed E-state index contributed by atoms with van der Waals surface area (Å²) in [7, 11) is 0. The van der Waals surface area contributed by atoms with Crippen molar-refractivity contribution in [1.82, 2.24) is 4.90 Å². The van der Waals surface area contributed by atoms with E-state index in [-0.39, 0.29) is 0 Å². The lowest BCUT2D eigenvalue weighted by Crippen LogP contribution is -2.38. The van der Waals surface area contributed by atoms with Gasteiger partial charge in [-0.05, 0) is 38.3 Å². The Labute approximate surface area is 99.0 Å². The molecular formula is C12H26N2S. The fourth-order valence-corrected chi connectivity index (χ4v) is 3.26. The molecule has 0 aliphatic carbocycles. The molecule has 2 atom stereocenters. The monoisotopic (exact) mass is 230 g/mol. The van der Waals surface area contributed by atoms with Crippen LogP contribution in [0.1, 0.15) is 33.1 Å². The third kappa shape index (κ3) is 5.23. The molecule has 0 aromatic rings. The maximum Gasteiger partial charge on any atom is 0.0172 e. The van der Waals surface area contributed by atoms with Crippen molar-refractivity contribution in [2.24, 2.45) is 11.7 Å². The van der Waals surface area contributed by atoms with Gasteiger partial charge in [-0.25, -0.2) is 0 Å². The van der Waals surface area contributed by atoms with Crippen LogP contribution in [0.25, 0.3) is 0 Å². The van der Waals surface area contributed by atoms with Gasteiger partial charge >= 0.3 is 0 Å². The van der Waals surface area contributed by atoms with Gasteiger partial charge in [0.1, 0.15) is 0 Å². The zero-order chi connectivity index (χ0) is 11.1. The minimum Gasteiger partial charge on any atom is -0.330 e. The number of nitrogens with two attached hydrogens (primary N) is 1. The zero-order valence-electron chi connectivity index (χ0n) is 10.2. The van der Waals surface area contributed by atoms with Gasteiger partial charge in [-0.3, -0.25) is 0 Å².